The zero-order valence-electron chi connectivity index (χ0n) is 11.9. The van der Waals surface area contributed by atoms with Crippen LogP contribution in [0.5, 0.6) is 0 Å². The monoisotopic (exact) mass is 276 g/mol. The Kier molecular flexibility index (Phi) is 4.61. The third-order valence-corrected chi connectivity index (χ3v) is 3.76. The Bertz CT molecular complexity index is 494. The van der Waals surface area contributed by atoms with Crippen molar-refractivity contribution in [2.75, 3.05) is 30.4 Å². The van der Waals surface area contributed by atoms with Gasteiger partial charge in [-0.1, -0.05) is 6.92 Å². The molecular weight excluding hydrogens is 256 g/mol. The summed E-state index contributed by atoms with van der Waals surface area (Å²) in [6.45, 7) is 4.18. The molecule has 1 aliphatic heterocycles. The van der Waals surface area contributed by atoms with Crippen LogP contribution in [0.4, 0.5) is 11.4 Å². The molecule has 1 amide bonds. The number of hydrogen-bond donors (Lipinski definition) is 1. The number of benzene rings is 1. The van der Waals surface area contributed by atoms with Crippen molar-refractivity contribution in [3.63, 3.8) is 0 Å². The number of rotatable bonds is 4. The molecule has 0 saturated carbocycles. The van der Waals surface area contributed by atoms with Gasteiger partial charge >= 0.3 is 5.97 Å². The molecule has 0 bridgehead atoms. The maximum atomic E-state index is 11.5. The van der Waals surface area contributed by atoms with Gasteiger partial charge in [0.1, 0.15) is 0 Å². The first-order chi connectivity index (χ1) is 9.65. The van der Waals surface area contributed by atoms with Crippen molar-refractivity contribution in [1.82, 2.24) is 0 Å². The second-order valence-corrected chi connectivity index (χ2v) is 5.16. The van der Waals surface area contributed by atoms with Crippen LogP contribution in [0.2, 0.25) is 0 Å². The Balaban J connectivity index is 2.27. The Morgan fingerprint density at radius 2 is 2.10 bits per heavy atom. The number of carbonyl (C=O) groups excluding carboxylic acids is 2. The Morgan fingerprint density at radius 1 is 1.40 bits per heavy atom. The number of nitrogens with zero attached hydrogens (tertiary/aromatic N) is 1. The predicted octanol–water partition coefficient (Wildman–Crippen LogP) is 2.28. The van der Waals surface area contributed by atoms with E-state index in [9.17, 15) is 9.59 Å². The Hall–Kier alpha value is -2.04. The van der Waals surface area contributed by atoms with E-state index in [4.69, 9.17) is 4.74 Å². The number of nitrogens with one attached hydrogen (secondary N) is 1. The van der Waals surface area contributed by atoms with E-state index in [-0.39, 0.29) is 0 Å². The van der Waals surface area contributed by atoms with Crippen molar-refractivity contribution >= 4 is 23.8 Å². The van der Waals surface area contributed by atoms with E-state index in [2.05, 4.69) is 17.1 Å². The fourth-order valence-corrected chi connectivity index (χ4v) is 2.49. The van der Waals surface area contributed by atoms with E-state index in [0.717, 1.165) is 37.5 Å². The van der Waals surface area contributed by atoms with Gasteiger partial charge in [0.25, 0.3) is 0 Å². The summed E-state index contributed by atoms with van der Waals surface area (Å²) < 4.78 is 4.70. The minimum atomic E-state index is -0.405. The molecule has 0 spiro atoms. The van der Waals surface area contributed by atoms with Crippen LogP contribution < -0.4 is 10.2 Å². The van der Waals surface area contributed by atoms with E-state index < -0.39 is 5.97 Å². The maximum Gasteiger partial charge on any atom is 0.337 e. The Labute approximate surface area is 118 Å². The maximum absolute atomic E-state index is 11.5. The number of carbonyl (C=O) groups is 2. The second-order valence-electron chi connectivity index (χ2n) is 5.16. The highest BCUT2D eigenvalue weighted by atomic mass is 16.5. The van der Waals surface area contributed by atoms with Gasteiger partial charge in [0.2, 0.25) is 6.41 Å². The van der Waals surface area contributed by atoms with Crippen LogP contribution in [-0.2, 0) is 9.53 Å². The van der Waals surface area contributed by atoms with Gasteiger partial charge in [0.15, 0.2) is 0 Å². The summed E-state index contributed by atoms with van der Waals surface area (Å²) in [5.41, 5.74) is 2.04. The SMILES string of the molecule is COC(=O)c1ccc(N2CCC(C)CC2)c(NC=O)c1. The normalized spacial score (nSPS) is 15.8. The molecular formula is C15H20N2O3. The van der Waals surface area contributed by atoms with Crippen LogP contribution in [0.15, 0.2) is 18.2 Å². The summed E-state index contributed by atoms with van der Waals surface area (Å²) in [4.78, 5) is 24.6. The molecule has 20 heavy (non-hydrogen) atoms. The summed E-state index contributed by atoms with van der Waals surface area (Å²) >= 11 is 0. The first-order valence-electron chi connectivity index (χ1n) is 6.83. The topological polar surface area (TPSA) is 58.6 Å². The van der Waals surface area contributed by atoms with Crippen LogP contribution in [0.25, 0.3) is 0 Å². The zero-order valence-corrected chi connectivity index (χ0v) is 11.9. The first-order valence-corrected chi connectivity index (χ1v) is 6.83. The molecule has 0 aromatic heterocycles. The van der Waals surface area contributed by atoms with Crippen molar-refractivity contribution in [3.8, 4) is 0 Å². The number of piperidine rings is 1. The summed E-state index contributed by atoms with van der Waals surface area (Å²) in [5, 5.41) is 2.67. The summed E-state index contributed by atoms with van der Waals surface area (Å²) in [5.74, 6) is 0.334. The van der Waals surface area contributed by atoms with Gasteiger partial charge in [-0.15, -0.1) is 0 Å². The van der Waals surface area contributed by atoms with E-state index >= 15 is 0 Å². The number of ether oxygens (including phenoxy) is 1. The lowest BCUT2D eigenvalue weighted by molar-refractivity contribution is -0.105. The molecule has 1 saturated heterocycles. The molecule has 1 aliphatic rings. The molecule has 5 heteroatoms. The van der Waals surface area contributed by atoms with Crippen LogP contribution in [0.1, 0.15) is 30.1 Å². The number of esters is 1. The number of anilines is 2. The van der Waals surface area contributed by atoms with Crippen LogP contribution in [0.3, 0.4) is 0 Å². The molecule has 5 nitrogen and oxygen atoms in total. The summed E-state index contributed by atoms with van der Waals surface area (Å²) in [7, 11) is 1.34. The Morgan fingerprint density at radius 3 is 2.70 bits per heavy atom. The molecule has 1 N–H and O–H groups in total. The molecule has 0 radical (unpaired) electrons. The molecule has 1 aromatic carbocycles. The van der Waals surface area contributed by atoms with Crippen molar-refractivity contribution in [3.05, 3.63) is 23.8 Å². The average Bonchev–Trinajstić information content (AvgIpc) is 2.48. The predicted molar refractivity (Wildman–Crippen MR) is 78.1 cm³/mol. The van der Waals surface area contributed by atoms with Gasteiger partial charge in [-0.2, -0.15) is 0 Å². The zero-order chi connectivity index (χ0) is 14.5. The molecule has 1 heterocycles. The van der Waals surface area contributed by atoms with Gasteiger partial charge in [-0.3, -0.25) is 4.79 Å². The lowest BCUT2D eigenvalue weighted by Crippen LogP contribution is -2.33. The highest BCUT2D eigenvalue weighted by Crippen LogP contribution is 2.30. The van der Waals surface area contributed by atoms with Crippen molar-refractivity contribution in [2.45, 2.75) is 19.8 Å². The number of amides is 1. The van der Waals surface area contributed by atoms with Crippen molar-refractivity contribution in [1.29, 1.82) is 0 Å². The second kappa shape index (κ2) is 6.41. The lowest BCUT2D eigenvalue weighted by Gasteiger charge is -2.33. The molecule has 0 unspecified atom stereocenters. The largest absolute Gasteiger partial charge is 0.465 e. The van der Waals surface area contributed by atoms with Gasteiger partial charge in [0, 0.05) is 13.1 Å². The quantitative estimate of drug-likeness (QED) is 0.677. The third-order valence-electron chi connectivity index (χ3n) is 3.76. The van der Waals surface area contributed by atoms with Crippen molar-refractivity contribution < 1.29 is 14.3 Å². The van der Waals surface area contributed by atoms with Crippen LogP contribution >= 0.6 is 0 Å². The smallest absolute Gasteiger partial charge is 0.337 e. The third kappa shape index (κ3) is 3.10. The van der Waals surface area contributed by atoms with Crippen molar-refractivity contribution in [2.24, 2.45) is 5.92 Å². The summed E-state index contributed by atoms with van der Waals surface area (Å²) in [6.07, 6.45) is 2.91. The van der Waals surface area contributed by atoms with E-state index in [1.54, 1.807) is 12.1 Å². The lowest BCUT2D eigenvalue weighted by atomic mass is 9.98. The van der Waals surface area contributed by atoms with Gasteiger partial charge in [0.05, 0.1) is 24.0 Å². The molecule has 1 aromatic rings. The number of hydrogen-bond acceptors (Lipinski definition) is 4. The highest BCUT2D eigenvalue weighted by Gasteiger charge is 2.19. The molecule has 0 aliphatic carbocycles. The fraction of sp³-hybridized carbons (Fsp3) is 0.467. The van der Waals surface area contributed by atoms with E-state index in [0.29, 0.717) is 17.7 Å². The fourth-order valence-electron chi connectivity index (χ4n) is 2.49. The van der Waals surface area contributed by atoms with Crippen LogP contribution in [0, 0.1) is 5.92 Å². The van der Waals surface area contributed by atoms with Gasteiger partial charge in [-0.25, -0.2) is 4.79 Å². The van der Waals surface area contributed by atoms with Gasteiger partial charge in [-0.05, 0) is 37.0 Å². The average molecular weight is 276 g/mol. The molecule has 1 fully saturated rings. The molecule has 108 valence electrons. The first kappa shape index (κ1) is 14.4. The summed E-state index contributed by atoms with van der Waals surface area (Å²) in [6, 6.07) is 5.26. The van der Waals surface area contributed by atoms with Gasteiger partial charge < -0.3 is 15.0 Å². The minimum Gasteiger partial charge on any atom is -0.465 e. The molecule has 0 atom stereocenters. The highest BCUT2D eigenvalue weighted by molar-refractivity contribution is 5.93. The van der Waals surface area contributed by atoms with E-state index in [1.165, 1.54) is 7.11 Å². The standard InChI is InChI=1S/C15H20N2O3/c1-11-5-7-17(8-6-11)14-4-3-12(15(19)20-2)9-13(14)16-10-18/h3-4,9-11H,5-8H2,1-2H3,(H,16,18). The molecule has 2 rings (SSSR count). The van der Waals surface area contributed by atoms with Crippen LogP contribution in [-0.4, -0.2) is 32.6 Å². The minimum absolute atomic E-state index is 0.405. The number of methoxy groups -OCH3 is 1. The van der Waals surface area contributed by atoms with E-state index in [1.807, 2.05) is 6.07 Å².